The molecule has 2 aromatic rings. The Morgan fingerprint density at radius 1 is 1.44 bits per heavy atom. The smallest absolute Gasteiger partial charge is 0.271 e. The van der Waals surface area contributed by atoms with E-state index in [1.165, 1.54) is 11.3 Å². The number of amides is 1. The van der Waals surface area contributed by atoms with E-state index in [1.807, 2.05) is 5.38 Å². The molecule has 3 heterocycles. The standard InChI is InChI=1S/C12H14N4OS/c1-12(2)5-7-8(10(17)14-6-12)16-9(15-7)11-13-3-4-18-11/h3-4H,5-6H2,1-2H3,(H,14,17)(H,15,16). The van der Waals surface area contributed by atoms with Gasteiger partial charge in [0.1, 0.15) is 5.69 Å². The van der Waals surface area contributed by atoms with E-state index in [0.717, 1.165) is 17.1 Å². The van der Waals surface area contributed by atoms with Gasteiger partial charge >= 0.3 is 0 Å². The van der Waals surface area contributed by atoms with Crippen molar-refractivity contribution in [3.63, 3.8) is 0 Å². The third kappa shape index (κ3) is 1.92. The second kappa shape index (κ2) is 3.91. The number of carbonyl (C=O) groups is 1. The number of imidazole rings is 1. The molecule has 1 amide bonds. The van der Waals surface area contributed by atoms with E-state index in [1.54, 1.807) is 6.20 Å². The molecule has 0 spiro atoms. The zero-order valence-corrected chi connectivity index (χ0v) is 11.1. The van der Waals surface area contributed by atoms with Crippen LogP contribution in [-0.4, -0.2) is 27.4 Å². The second-order valence-corrected chi connectivity index (χ2v) is 6.17. The number of H-pyrrole nitrogens is 1. The van der Waals surface area contributed by atoms with Gasteiger partial charge in [0, 0.05) is 23.8 Å². The summed E-state index contributed by atoms with van der Waals surface area (Å²) in [4.78, 5) is 23.8. The summed E-state index contributed by atoms with van der Waals surface area (Å²) in [5.41, 5.74) is 1.44. The minimum atomic E-state index is -0.102. The number of carbonyl (C=O) groups excluding carboxylic acids is 1. The zero-order valence-electron chi connectivity index (χ0n) is 10.3. The SMILES string of the molecule is CC1(C)CNC(=O)c2nc(-c3nccs3)[nH]c2C1. The maximum absolute atomic E-state index is 12.0. The molecule has 0 radical (unpaired) electrons. The van der Waals surface area contributed by atoms with Crippen LogP contribution in [0.2, 0.25) is 0 Å². The van der Waals surface area contributed by atoms with Gasteiger partial charge in [0.15, 0.2) is 10.8 Å². The number of hydrogen-bond donors (Lipinski definition) is 2. The van der Waals surface area contributed by atoms with Gasteiger partial charge in [-0.3, -0.25) is 4.79 Å². The highest BCUT2D eigenvalue weighted by atomic mass is 32.1. The average Bonchev–Trinajstić information content (AvgIpc) is 2.91. The van der Waals surface area contributed by atoms with Crippen LogP contribution in [-0.2, 0) is 6.42 Å². The van der Waals surface area contributed by atoms with E-state index in [2.05, 4.69) is 34.1 Å². The first kappa shape index (κ1) is 11.4. The molecule has 1 aliphatic rings. The molecule has 0 unspecified atom stereocenters. The number of hydrogen-bond acceptors (Lipinski definition) is 4. The molecule has 18 heavy (non-hydrogen) atoms. The van der Waals surface area contributed by atoms with E-state index >= 15 is 0 Å². The fourth-order valence-corrected chi connectivity index (χ4v) is 2.69. The Balaban J connectivity index is 2.06. The Bertz CT molecular complexity index is 585. The van der Waals surface area contributed by atoms with Crippen molar-refractivity contribution in [1.29, 1.82) is 0 Å². The lowest BCUT2D eigenvalue weighted by atomic mass is 9.88. The number of aromatic nitrogens is 3. The van der Waals surface area contributed by atoms with E-state index < -0.39 is 0 Å². The molecule has 5 nitrogen and oxygen atoms in total. The maximum Gasteiger partial charge on any atom is 0.271 e. The molecule has 0 aliphatic carbocycles. The van der Waals surface area contributed by atoms with Gasteiger partial charge in [-0.05, 0) is 11.8 Å². The summed E-state index contributed by atoms with van der Waals surface area (Å²) in [6, 6.07) is 0. The van der Waals surface area contributed by atoms with Crippen molar-refractivity contribution in [3.05, 3.63) is 23.0 Å². The lowest BCUT2D eigenvalue weighted by molar-refractivity contribution is 0.0940. The minimum Gasteiger partial charge on any atom is -0.350 e. The maximum atomic E-state index is 12.0. The first-order valence-electron chi connectivity index (χ1n) is 5.82. The van der Waals surface area contributed by atoms with Crippen molar-refractivity contribution in [2.75, 3.05) is 6.54 Å². The van der Waals surface area contributed by atoms with Gasteiger partial charge in [-0.1, -0.05) is 13.8 Å². The van der Waals surface area contributed by atoms with Crippen molar-refractivity contribution < 1.29 is 4.79 Å². The number of aromatic amines is 1. The van der Waals surface area contributed by atoms with Crippen molar-refractivity contribution in [3.8, 4) is 10.8 Å². The monoisotopic (exact) mass is 262 g/mol. The van der Waals surface area contributed by atoms with Gasteiger partial charge < -0.3 is 10.3 Å². The fraction of sp³-hybridized carbons (Fsp3) is 0.417. The van der Waals surface area contributed by atoms with Crippen LogP contribution in [0.3, 0.4) is 0 Å². The summed E-state index contributed by atoms with van der Waals surface area (Å²) >= 11 is 1.51. The number of thiazole rings is 1. The Morgan fingerprint density at radius 2 is 2.28 bits per heavy atom. The van der Waals surface area contributed by atoms with Crippen LogP contribution in [0.5, 0.6) is 0 Å². The van der Waals surface area contributed by atoms with Gasteiger partial charge in [0.2, 0.25) is 0 Å². The fourth-order valence-electron chi connectivity index (χ4n) is 2.11. The van der Waals surface area contributed by atoms with Crippen LogP contribution in [0.25, 0.3) is 10.8 Å². The van der Waals surface area contributed by atoms with Crippen molar-refractivity contribution >= 4 is 17.2 Å². The van der Waals surface area contributed by atoms with Crippen LogP contribution < -0.4 is 5.32 Å². The van der Waals surface area contributed by atoms with Crippen LogP contribution in [0.4, 0.5) is 0 Å². The van der Waals surface area contributed by atoms with Crippen molar-refractivity contribution in [2.24, 2.45) is 5.41 Å². The molecule has 0 saturated heterocycles. The number of nitrogens with zero attached hydrogens (tertiary/aromatic N) is 2. The first-order chi connectivity index (χ1) is 8.55. The summed E-state index contributed by atoms with van der Waals surface area (Å²) in [6.07, 6.45) is 2.54. The van der Waals surface area contributed by atoms with Crippen molar-refractivity contribution in [2.45, 2.75) is 20.3 Å². The topological polar surface area (TPSA) is 70.7 Å². The predicted molar refractivity (Wildman–Crippen MR) is 69.5 cm³/mol. The molecule has 0 aromatic carbocycles. The molecule has 2 N–H and O–H groups in total. The molecular weight excluding hydrogens is 248 g/mol. The largest absolute Gasteiger partial charge is 0.350 e. The van der Waals surface area contributed by atoms with Gasteiger partial charge in [-0.15, -0.1) is 11.3 Å². The Kier molecular flexibility index (Phi) is 2.48. The highest BCUT2D eigenvalue weighted by molar-refractivity contribution is 7.13. The Hall–Kier alpha value is -1.69. The predicted octanol–water partition coefficient (Wildman–Crippen LogP) is 1.85. The third-order valence-electron chi connectivity index (χ3n) is 3.01. The van der Waals surface area contributed by atoms with E-state index in [4.69, 9.17) is 0 Å². The van der Waals surface area contributed by atoms with E-state index in [9.17, 15) is 4.79 Å². The highest BCUT2D eigenvalue weighted by Crippen LogP contribution is 2.28. The van der Waals surface area contributed by atoms with E-state index in [0.29, 0.717) is 18.1 Å². The zero-order chi connectivity index (χ0) is 12.8. The van der Waals surface area contributed by atoms with Crippen LogP contribution in [0.1, 0.15) is 30.0 Å². The molecule has 94 valence electrons. The number of nitrogens with one attached hydrogen (secondary N) is 2. The molecule has 0 fully saturated rings. The highest BCUT2D eigenvalue weighted by Gasteiger charge is 2.30. The Labute approximate surface area is 109 Å². The summed E-state index contributed by atoms with van der Waals surface area (Å²) in [7, 11) is 0. The number of fused-ring (bicyclic) bond motifs is 1. The van der Waals surface area contributed by atoms with Gasteiger partial charge in [-0.2, -0.15) is 0 Å². The quantitative estimate of drug-likeness (QED) is 0.824. The normalized spacial score (nSPS) is 18.0. The molecule has 1 aliphatic heterocycles. The summed E-state index contributed by atoms with van der Waals surface area (Å²) in [5, 5.41) is 5.62. The summed E-state index contributed by atoms with van der Waals surface area (Å²) in [5.74, 6) is 0.581. The van der Waals surface area contributed by atoms with Gasteiger partial charge in [0.05, 0.1) is 0 Å². The van der Waals surface area contributed by atoms with Crippen LogP contribution in [0.15, 0.2) is 11.6 Å². The van der Waals surface area contributed by atoms with Crippen molar-refractivity contribution in [1.82, 2.24) is 20.3 Å². The first-order valence-corrected chi connectivity index (χ1v) is 6.70. The third-order valence-corrected chi connectivity index (χ3v) is 3.79. The molecule has 0 bridgehead atoms. The summed E-state index contributed by atoms with van der Waals surface area (Å²) in [6.45, 7) is 4.93. The molecule has 2 aromatic heterocycles. The van der Waals surface area contributed by atoms with E-state index in [-0.39, 0.29) is 11.3 Å². The lowest BCUT2D eigenvalue weighted by Gasteiger charge is -2.21. The summed E-state index contributed by atoms with van der Waals surface area (Å²) < 4.78 is 0. The molecule has 0 atom stereocenters. The minimum absolute atomic E-state index is 0.0353. The lowest BCUT2D eigenvalue weighted by Crippen LogP contribution is -2.32. The van der Waals surface area contributed by atoms with Gasteiger partial charge in [0.25, 0.3) is 5.91 Å². The number of rotatable bonds is 1. The van der Waals surface area contributed by atoms with Crippen LogP contribution >= 0.6 is 11.3 Å². The molecule has 6 heteroatoms. The van der Waals surface area contributed by atoms with Gasteiger partial charge in [-0.25, -0.2) is 9.97 Å². The molecule has 3 rings (SSSR count). The molecule has 0 saturated carbocycles. The molecular formula is C12H14N4OS. The second-order valence-electron chi connectivity index (χ2n) is 5.27. The van der Waals surface area contributed by atoms with Crippen LogP contribution in [0, 0.1) is 5.41 Å². The Morgan fingerprint density at radius 3 is 3.00 bits per heavy atom. The average molecular weight is 262 g/mol.